The van der Waals surface area contributed by atoms with Gasteiger partial charge in [0.2, 0.25) is 0 Å². The van der Waals surface area contributed by atoms with E-state index in [2.05, 4.69) is 59.8 Å². The highest BCUT2D eigenvalue weighted by Gasteiger charge is 2.21. The summed E-state index contributed by atoms with van der Waals surface area (Å²) in [5.74, 6) is 0.671. The van der Waals surface area contributed by atoms with E-state index < -0.39 is 0 Å². The maximum atomic E-state index is 12.8. The van der Waals surface area contributed by atoms with Crippen molar-refractivity contribution >= 4 is 28.4 Å². The van der Waals surface area contributed by atoms with Crippen molar-refractivity contribution < 1.29 is 4.79 Å². The number of aromatic nitrogens is 5. The number of para-hydroxylation sites is 1. The maximum Gasteiger partial charge on any atom is 0.273 e. The largest absolute Gasteiger partial charge is 0.382 e. The zero-order valence-corrected chi connectivity index (χ0v) is 20.7. The normalized spacial score (nSPS) is 14.7. The number of hydrogen-bond acceptors (Lipinski definition) is 8. The van der Waals surface area contributed by atoms with Gasteiger partial charge in [-0.05, 0) is 25.0 Å². The first-order valence-corrected chi connectivity index (χ1v) is 12.2. The predicted octanol–water partition coefficient (Wildman–Crippen LogP) is 2.29. The number of rotatable bonds is 6. The number of aryl methyl sites for hydroxylation is 2. The van der Waals surface area contributed by atoms with Gasteiger partial charge in [-0.1, -0.05) is 18.2 Å². The standard InChI is InChI=1S/C26H31N9O/c1-18-5-3-6-19-13-20(14-31-26(36)23-24(27)30-8-7-29-23)25(32-22(18)19)35-10-4-9-34(11-12-35)16-21-15-28-17-33(21)2/h3,5-8,13,15,17H,4,9-12,14,16H2,1-2H3,(H2,27,30)(H,31,36). The molecule has 0 saturated carbocycles. The fraction of sp³-hybridized carbons (Fsp3) is 0.346. The summed E-state index contributed by atoms with van der Waals surface area (Å²) < 4.78 is 2.07. The van der Waals surface area contributed by atoms with E-state index in [1.165, 1.54) is 18.1 Å². The van der Waals surface area contributed by atoms with E-state index in [0.717, 1.165) is 67.0 Å². The Kier molecular flexibility index (Phi) is 6.77. The number of amides is 1. The van der Waals surface area contributed by atoms with Gasteiger partial charge in [0.1, 0.15) is 5.82 Å². The molecule has 186 valence electrons. The van der Waals surface area contributed by atoms with Crippen molar-refractivity contribution in [3.05, 3.63) is 71.7 Å². The fourth-order valence-corrected chi connectivity index (χ4v) is 4.67. The Morgan fingerprint density at radius 1 is 1.14 bits per heavy atom. The van der Waals surface area contributed by atoms with Crippen LogP contribution >= 0.6 is 0 Å². The molecule has 1 aliphatic rings. The average Bonchev–Trinajstić information content (AvgIpc) is 3.13. The fourth-order valence-electron chi connectivity index (χ4n) is 4.67. The van der Waals surface area contributed by atoms with Crippen LogP contribution in [0.15, 0.2) is 49.2 Å². The van der Waals surface area contributed by atoms with Gasteiger partial charge in [-0.3, -0.25) is 9.69 Å². The van der Waals surface area contributed by atoms with Gasteiger partial charge in [-0.15, -0.1) is 0 Å². The second-order valence-corrected chi connectivity index (χ2v) is 9.20. The number of fused-ring (bicyclic) bond motifs is 1. The van der Waals surface area contributed by atoms with Gasteiger partial charge >= 0.3 is 0 Å². The molecule has 1 amide bonds. The van der Waals surface area contributed by atoms with Crippen LogP contribution in [-0.4, -0.2) is 61.5 Å². The second kappa shape index (κ2) is 10.3. The number of carbonyl (C=O) groups excluding carboxylic acids is 1. The number of imidazole rings is 1. The van der Waals surface area contributed by atoms with Gasteiger partial charge in [0, 0.05) is 75.9 Å². The number of hydrogen-bond donors (Lipinski definition) is 2. The number of carbonyl (C=O) groups is 1. The van der Waals surface area contributed by atoms with Crippen LogP contribution in [0.1, 0.15) is 33.7 Å². The number of pyridine rings is 1. The van der Waals surface area contributed by atoms with Gasteiger partial charge in [0.05, 0.1) is 17.5 Å². The highest BCUT2D eigenvalue weighted by Crippen LogP contribution is 2.27. The van der Waals surface area contributed by atoms with E-state index in [0.29, 0.717) is 6.54 Å². The summed E-state index contributed by atoms with van der Waals surface area (Å²) in [5, 5.41) is 4.02. The Morgan fingerprint density at radius 2 is 2.00 bits per heavy atom. The third-order valence-corrected chi connectivity index (χ3v) is 6.67. The number of nitrogen functional groups attached to an aromatic ring is 1. The number of nitrogens with one attached hydrogen (secondary N) is 1. The quantitative estimate of drug-likeness (QED) is 0.427. The molecule has 10 nitrogen and oxygen atoms in total. The molecule has 1 saturated heterocycles. The summed E-state index contributed by atoms with van der Waals surface area (Å²) in [7, 11) is 2.03. The lowest BCUT2D eigenvalue weighted by molar-refractivity contribution is 0.0946. The molecule has 5 rings (SSSR count). The Balaban J connectivity index is 1.39. The minimum Gasteiger partial charge on any atom is -0.382 e. The van der Waals surface area contributed by atoms with Crippen LogP contribution in [-0.2, 0) is 20.1 Å². The first-order chi connectivity index (χ1) is 17.5. The molecule has 36 heavy (non-hydrogen) atoms. The Hall–Kier alpha value is -4.05. The topological polar surface area (TPSA) is 118 Å². The van der Waals surface area contributed by atoms with Gasteiger partial charge in [0.15, 0.2) is 11.5 Å². The summed E-state index contributed by atoms with van der Waals surface area (Å²) in [4.78, 5) is 35.0. The van der Waals surface area contributed by atoms with E-state index >= 15 is 0 Å². The molecule has 0 aliphatic carbocycles. The van der Waals surface area contributed by atoms with Crippen LogP contribution in [0.5, 0.6) is 0 Å². The Labute approximate surface area is 210 Å². The molecule has 3 aromatic heterocycles. The molecule has 10 heteroatoms. The summed E-state index contributed by atoms with van der Waals surface area (Å²) in [6.07, 6.45) is 7.73. The van der Waals surface area contributed by atoms with Crippen molar-refractivity contribution in [2.24, 2.45) is 7.05 Å². The molecule has 4 heterocycles. The molecule has 0 radical (unpaired) electrons. The minimum atomic E-state index is -0.353. The number of benzene rings is 1. The molecular formula is C26H31N9O. The summed E-state index contributed by atoms with van der Waals surface area (Å²) in [5.41, 5.74) is 10.3. The van der Waals surface area contributed by atoms with E-state index in [1.807, 2.05) is 25.6 Å². The second-order valence-electron chi connectivity index (χ2n) is 9.20. The molecule has 3 N–H and O–H groups in total. The average molecular weight is 486 g/mol. The first-order valence-electron chi connectivity index (χ1n) is 12.2. The molecule has 0 unspecified atom stereocenters. The maximum absolute atomic E-state index is 12.8. The van der Waals surface area contributed by atoms with Crippen LogP contribution in [0.25, 0.3) is 10.9 Å². The predicted molar refractivity (Wildman–Crippen MR) is 139 cm³/mol. The molecule has 4 aromatic rings. The third kappa shape index (κ3) is 4.99. The van der Waals surface area contributed by atoms with E-state index in [1.54, 1.807) is 0 Å². The van der Waals surface area contributed by atoms with Crippen LogP contribution in [0.4, 0.5) is 11.6 Å². The first kappa shape index (κ1) is 23.7. The van der Waals surface area contributed by atoms with Crippen LogP contribution in [0.3, 0.4) is 0 Å². The van der Waals surface area contributed by atoms with Crippen molar-refractivity contribution in [2.75, 3.05) is 36.8 Å². The highest BCUT2D eigenvalue weighted by atomic mass is 16.1. The zero-order valence-electron chi connectivity index (χ0n) is 20.7. The third-order valence-electron chi connectivity index (χ3n) is 6.67. The van der Waals surface area contributed by atoms with E-state index in [-0.39, 0.29) is 17.4 Å². The SMILES string of the molecule is Cc1cccc2cc(CNC(=O)c3nccnc3N)c(N3CCCN(Cc4cncn4C)CC3)nc12. The molecule has 1 aliphatic heterocycles. The monoisotopic (exact) mass is 485 g/mol. The number of nitrogens with two attached hydrogens (primary N) is 1. The summed E-state index contributed by atoms with van der Waals surface area (Å²) >= 11 is 0. The van der Waals surface area contributed by atoms with Gasteiger partial charge in [-0.2, -0.15) is 0 Å². The van der Waals surface area contributed by atoms with Crippen molar-refractivity contribution in [1.29, 1.82) is 0 Å². The van der Waals surface area contributed by atoms with Crippen LogP contribution in [0, 0.1) is 6.92 Å². The van der Waals surface area contributed by atoms with Gasteiger partial charge in [-0.25, -0.2) is 19.9 Å². The smallest absolute Gasteiger partial charge is 0.273 e. The van der Waals surface area contributed by atoms with Gasteiger partial charge < -0.3 is 20.5 Å². The number of nitrogens with zero attached hydrogens (tertiary/aromatic N) is 7. The molecule has 1 fully saturated rings. The summed E-state index contributed by atoms with van der Waals surface area (Å²) in [6.45, 7) is 6.93. The minimum absolute atomic E-state index is 0.114. The van der Waals surface area contributed by atoms with Crippen molar-refractivity contribution in [3.8, 4) is 0 Å². The Morgan fingerprint density at radius 3 is 2.81 bits per heavy atom. The van der Waals surface area contributed by atoms with Crippen LogP contribution < -0.4 is 16.0 Å². The molecule has 1 aromatic carbocycles. The molecular weight excluding hydrogens is 454 g/mol. The highest BCUT2D eigenvalue weighted by molar-refractivity contribution is 5.96. The molecule has 0 spiro atoms. The van der Waals surface area contributed by atoms with Crippen molar-refractivity contribution in [1.82, 2.24) is 34.7 Å². The van der Waals surface area contributed by atoms with Crippen LogP contribution in [0.2, 0.25) is 0 Å². The molecule has 0 atom stereocenters. The van der Waals surface area contributed by atoms with Crippen molar-refractivity contribution in [2.45, 2.75) is 26.4 Å². The lowest BCUT2D eigenvalue weighted by Crippen LogP contribution is -2.33. The number of anilines is 2. The van der Waals surface area contributed by atoms with E-state index in [9.17, 15) is 4.79 Å². The molecule has 0 bridgehead atoms. The van der Waals surface area contributed by atoms with Gasteiger partial charge in [0.25, 0.3) is 5.91 Å². The van der Waals surface area contributed by atoms with Crippen molar-refractivity contribution in [3.63, 3.8) is 0 Å². The lowest BCUT2D eigenvalue weighted by Gasteiger charge is -2.26. The lowest BCUT2D eigenvalue weighted by atomic mass is 10.1. The summed E-state index contributed by atoms with van der Waals surface area (Å²) in [6, 6.07) is 8.30. The zero-order chi connectivity index (χ0) is 25.1. The Bertz CT molecular complexity index is 1380. The van der Waals surface area contributed by atoms with E-state index in [4.69, 9.17) is 10.7 Å².